The van der Waals surface area contributed by atoms with Crippen LogP contribution in [-0.2, 0) is 45.3 Å². The number of fused-ring (bicyclic) bond motifs is 23. The summed E-state index contributed by atoms with van der Waals surface area (Å²) >= 11 is 0. The zero-order valence-corrected chi connectivity index (χ0v) is 65.5. The van der Waals surface area contributed by atoms with Gasteiger partial charge in [-0.1, -0.05) is 294 Å². The van der Waals surface area contributed by atoms with Crippen LogP contribution in [0.25, 0.3) is 111 Å². The van der Waals surface area contributed by atoms with Gasteiger partial charge in [-0.25, -0.2) is 0 Å². The molecule has 0 bridgehead atoms. The van der Waals surface area contributed by atoms with Crippen molar-refractivity contribution in [2.45, 2.75) is 212 Å². The Morgan fingerprint density at radius 2 is 0.832 bits per heavy atom. The first-order valence-corrected chi connectivity index (χ1v) is 40.8. The quantitative estimate of drug-likeness (QED) is 0.0845. The maximum atomic E-state index is 6.56. The minimum atomic E-state index is -0.333. The molecule has 534 valence electrons. The topological polar surface area (TPSA) is 16.4 Å². The summed E-state index contributed by atoms with van der Waals surface area (Å²) in [6, 6.07) is 86.5. The molecular formula is C105H103NO. The minimum absolute atomic E-state index is 0.0420. The van der Waals surface area contributed by atoms with Crippen molar-refractivity contribution in [1.29, 1.82) is 0 Å². The fourth-order valence-corrected chi connectivity index (χ4v) is 21.7. The van der Waals surface area contributed by atoms with Crippen molar-refractivity contribution < 1.29 is 4.42 Å². The van der Waals surface area contributed by atoms with E-state index in [4.69, 9.17) is 4.42 Å². The highest BCUT2D eigenvalue weighted by atomic mass is 16.3. The standard InChI is InChI=1S/C105H103NO/c1-14-16-18-20-30-54-105(55-31-21-19-17-15-2)82-36-26-24-34-71(82)74-47-42-66(57-91(74)105)65-41-46-72-73-48-43-67(58-86(73)102(8,9)85(72)56-65)79-61-92-97(96-70-33-23-22-32-64(70)40-49-76(79)96)77-51-45-69(60-88(77)104(92,12)13)106(93-38-28-27-37-83(93)100(3,4)5)68-44-50-75-80-62-90-81(63-89(80)103(10,11)87(75)59-68)98-84(101(90,6)7)52-53-95-99(98)78-35-25-29-39-94(78)107-95/h22-29,32-39,41-48,50-53,56-63H,14-21,30-31,40,49,54-55H2,1-13H3. The number of unbranched alkanes of at least 4 members (excludes halogenated alkanes) is 8. The van der Waals surface area contributed by atoms with Crippen LogP contribution in [0.4, 0.5) is 17.1 Å². The Morgan fingerprint density at radius 1 is 0.336 bits per heavy atom. The van der Waals surface area contributed by atoms with Crippen LogP contribution < -0.4 is 4.90 Å². The van der Waals surface area contributed by atoms with Gasteiger partial charge < -0.3 is 9.32 Å². The van der Waals surface area contributed by atoms with Gasteiger partial charge in [0.1, 0.15) is 11.2 Å². The van der Waals surface area contributed by atoms with E-state index < -0.39 is 0 Å². The van der Waals surface area contributed by atoms with E-state index in [1.807, 2.05) is 0 Å². The molecule has 13 aromatic rings. The molecule has 0 radical (unpaired) electrons. The van der Waals surface area contributed by atoms with E-state index in [0.717, 1.165) is 24.0 Å². The Morgan fingerprint density at radius 3 is 1.53 bits per heavy atom. The van der Waals surface area contributed by atoms with Gasteiger partial charge >= 0.3 is 0 Å². The molecule has 0 aliphatic heterocycles. The summed E-state index contributed by atoms with van der Waals surface area (Å²) in [5, 5.41) is 2.42. The molecule has 1 heterocycles. The predicted molar refractivity (Wildman–Crippen MR) is 454 cm³/mol. The molecule has 12 aromatic carbocycles. The number of anilines is 3. The monoisotopic (exact) mass is 1390 g/mol. The van der Waals surface area contributed by atoms with Gasteiger partial charge in [0.05, 0.1) is 0 Å². The lowest BCUT2D eigenvalue weighted by molar-refractivity contribution is 0.399. The Labute approximate surface area is 636 Å². The van der Waals surface area contributed by atoms with Gasteiger partial charge in [0.2, 0.25) is 0 Å². The van der Waals surface area contributed by atoms with E-state index in [9.17, 15) is 0 Å². The minimum Gasteiger partial charge on any atom is -0.456 e. The maximum Gasteiger partial charge on any atom is 0.136 e. The van der Waals surface area contributed by atoms with Crippen LogP contribution >= 0.6 is 0 Å². The number of aryl methyl sites for hydroxylation is 1. The van der Waals surface area contributed by atoms with Crippen LogP contribution in [0.2, 0.25) is 0 Å². The number of benzene rings is 12. The first kappa shape index (κ1) is 67.8. The lowest BCUT2D eigenvalue weighted by Crippen LogP contribution is -2.25. The molecule has 6 aliphatic carbocycles. The van der Waals surface area contributed by atoms with E-state index in [1.165, 1.54) is 255 Å². The van der Waals surface area contributed by atoms with Gasteiger partial charge in [0.15, 0.2) is 0 Å². The molecule has 0 spiro atoms. The molecule has 107 heavy (non-hydrogen) atoms. The smallest absolute Gasteiger partial charge is 0.136 e. The SMILES string of the molecule is CCCCCCCC1(CCCCCCC)c2ccccc2-c2ccc(-c3ccc4c(c3)C(C)(C)c3cc(-c5cc6c(c7c5CCc5ccccc5-7)-c5ccc(N(c7ccc8c(c7)C(C)(C)c7cc9c(cc7-8)C(C)(C)c7ccc8oc%10ccccc%10c8c7-9)c7ccccc7C(C)(C)C)cc5C6(C)C)ccc3-4)cc21. The van der Waals surface area contributed by atoms with Crippen molar-refractivity contribution in [3.8, 4) is 89.0 Å². The molecule has 0 amide bonds. The molecule has 6 aliphatic rings. The van der Waals surface area contributed by atoms with Crippen LogP contribution in [-0.4, -0.2) is 0 Å². The second kappa shape index (κ2) is 24.6. The van der Waals surface area contributed by atoms with Crippen LogP contribution in [0.1, 0.15) is 239 Å². The highest BCUT2D eigenvalue weighted by Gasteiger charge is 2.47. The maximum absolute atomic E-state index is 6.56. The van der Waals surface area contributed by atoms with Crippen molar-refractivity contribution in [2.75, 3.05) is 4.90 Å². The van der Waals surface area contributed by atoms with Gasteiger partial charge in [-0.15, -0.1) is 0 Å². The third-order valence-electron chi connectivity index (χ3n) is 27.4. The molecule has 0 unspecified atom stereocenters. The third kappa shape index (κ3) is 10.1. The van der Waals surface area contributed by atoms with E-state index in [2.05, 4.69) is 313 Å². The lowest BCUT2D eigenvalue weighted by atomic mass is 9.70. The average Bonchev–Trinajstić information content (AvgIpc) is 1.55. The van der Waals surface area contributed by atoms with Gasteiger partial charge in [-0.2, -0.15) is 0 Å². The molecule has 0 fully saturated rings. The fraction of sp³-hybridized carbons (Fsp3) is 0.314. The van der Waals surface area contributed by atoms with E-state index in [-0.39, 0.29) is 32.5 Å². The van der Waals surface area contributed by atoms with Crippen LogP contribution in [0.3, 0.4) is 0 Å². The molecule has 0 atom stereocenters. The molecule has 0 N–H and O–H groups in total. The number of para-hydroxylation sites is 2. The van der Waals surface area contributed by atoms with Crippen molar-refractivity contribution in [3.05, 3.63) is 291 Å². The van der Waals surface area contributed by atoms with Crippen molar-refractivity contribution in [2.24, 2.45) is 0 Å². The van der Waals surface area contributed by atoms with E-state index in [0.29, 0.717) is 0 Å². The molecule has 19 rings (SSSR count). The van der Waals surface area contributed by atoms with Gasteiger partial charge in [0.25, 0.3) is 0 Å². The number of hydrogen-bond acceptors (Lipinski definition) is 2. The Kier molecular flexibility index (Phi) is 15.6. The van der Waals surface area contributed by atoms with Gasteiger partial charge in [0, 0.05) is 54.9 Å². The highest BCUT2D eigenvalue weighted by Crippen LogP contribution is 2.63. The van der Waals surface area contributed by atoms with E-state index >= 15 is 0 Å². The summed E-state index contributed by atoms with van der Waals surface area (Å²) in [4.78, 5) is 2.60. The highest BCUT2D eigenvalue weighted by molar-refractivity contribution is 6.15. The van der Waals surface area contributed by atoms with Crippen molar-refractivity contribution >= 4 is 39.0 Å². The van der Waals surface area contributed by atoms with Gasteiger partial charge in [-0.3, -0.25) is 0 Å². The third-order valence-corrected chi connectivity index (χ3v) is 27.4. The summed E-state index contributed by atoms with van der Waals surface area (Å²) in [6.07, 6.45) is 17.5. The van der Waals surface area contributed by atoms with Crippen molar-refractivity contribution in [3.63, 3.8) is 0 Å². The molecule has 2 heteroatoms. The summed E-state index contributed by atoms with van der Waals surface area (Å²) in [6.45, 7) is 31.5. The largest absolute Gasteiger partial charge is 0.456 e. The number of hydrogen-bond donors (Lipinski definition) is 0. The first-order chi connectivity index (χ1) is 51.6. The van der Waals surface area contributed by atoms with Crippen molar-refractivity contribution in [1.82, 2.24) is 0 Å². The second-order valence-electron chi connectivity index (χ2n) is 36.1. The number of nitrogens with zero attached hydrogens (tertiary/aromatic N) is 1. The Hall–Kier alpha value is -9.76. The zero-order valence-electron chi connectivity index (χ0n) is 65.5. The number of furan rings is 1. The van der Waals surface area contributed by atoms with Gasteiger partial charge in [-0.05, 0) is 271 Å². The Bertz CT molecular complexity index is 5850. The summed E-state index contributed by atoms with van der Waals surface area (Å²) in [5.74, 6) is 0. The summed E-state index contributed by atoms with van der Waals surface area (Å²) in [5.41, 5.74) is 44.8. The fourth-order valence-electron chi connectivity index (χ4n) is 21.7. The molecule has 2 nitrogen and oxygen atoms in total. The summed E-state index contributed by atoms with van der Waals surface area (Å²) in [7, 11) is 0. The van der Waals surface area contributed by atoms with Crippen LogP contribution in [0, 0.1) is 0 Å². The number of rotatable bonds is 17. The second-order valence-corrected chi connectivity index (χ2v) is 36.1. The molecule has 1 aromatic heterocycles. The Balaban J connectivity index is 0.696. The molecule has 0 saturated heterocycles. The normalized spacial score (nSPS) is 16.1. The first-order valence-electron chi connectivity index (χ1n) is 40.8. The van der Waals surface area contributed by atoms with Crippen LogP contribution in [0.5, 0.6) is 0 Å². The zero-order chi connectivity index (χ0) is 73.4. The average molecular weight is 1390 g/mol. The molecular weight excluding hydrogens is 1290 g/mol. The van der Waals surface area contributed by atoms with Crippen LogP contribution in [0.15, 0.2) is 223 Å². The lowest BCUT2D eigenvalue weighted by Gasteiger charge is -2.33. The molecule has 0 saturated carbocycles. The van der Waals surface area contributed by atoms with E-state index in [1.54, 1.807) is 11.1 Å². The predicted octanol–water partition coefficient (Wildman–Crippen LogP) is 29.7. The summed E-state index contributed by atoms with van der Waals surface area (Å²) < 4.78 is 6.56.